The second-order valence-electron chi connectivity index (χ2n) is 6.99. The van der Waals surface area contributed by atoms with Crippen LogP contribution in [0.5, 0.6) is 0 Å². The van der Waals surface area contributed by atoms with Gasteiger partial charge >= 0.3 is 0 Å². The molecule has 2 atom stereocenters. The van der Waals surface area contributed by atoms with Gasteiger partial charge in [0.05, 0.1) is 0 Å². The molecular weight excluding hydrogens is 180 g/mol. The summed E-state index contributed by atoms with van der Waals surface area (Å²) in [5.74, 6) is 3.91. The molecule has 0 aromatic rings. The Morgan fingerprint density at radius 1 is 0.800 bits per heavy atom. The molecule has 0 aromatic heterocycles. The predicted molar refractivity (Wildman–Crippen MR) is 66.8 cm³/mol. The second-order valence-corrected chi connectivity index (χ2v) is 6.99. The molecule has 2 saturated carbocycles. The Kier molecular flexibility index (Phi) is 3.14. The zero-order valence-electron chi connectivity index (χ0n) is 11.1. The van der Waals surface area contributed by atoms with Gasteiger partial charge in [-0.15, -0.1) is 0 Å². The Labute approximate surface area is 95.8 Å². The average molecular weight is 208 g/mol. The van der Waals surface area contributed by atoms with Crippen molar-refractivity contribution >= 4 is 0 Å². The van der Waals surface area contributed by atoms with Crippen molar-refractivity contribution in [3.63, 3.8) is 0 Å². The van der Waals surface area contributed by atoms with Crippen LogP contribution in [0.15, 0.2) is 0 Å². The van der Waals surface area contributed by atoms with Crippen LogP contribution in [0.3, 0.4) is 0 Å². The van der Waals surface area contributed by atoms with Crippen molar-refractivity contribution in [1.29, 1.82) is 0 Å². The van der Waals surface area contributed by atoms with Gasteiger partial charge in [-0.3, -0.25) is 0 Å². The SMILES string of the molecule is CC(C)C1CCC2(CCC(C(C)C)C2)C1. The summed E-state index contributed by atoms with van der Waals surface area (Å²) >= 11 is 0. The van der Waals surface area contributed by atoms with Crippen molar-refractivity contribution in [2.24, 2.45) is 29.1 Å². The van der Waals surface area contributed by atoms with Gasteiger partial charge in [-0.2, -0.15) is 0 Å². The van der Waals surface area contributed by atoms with E-state index in [1.54, 1.807) is 25.7 Å². The third-order valence-electron chi connectivity index (χ3n) is 5.37. The Morgan fingerprint density at radius 2 is 1.20 bits per heavy atom. The predicted octanol–water partition coefficient (Wildman–Crippen LogP) is 4.89. The van der Waals surface area contributed by atoms with Crippen molar-refractivity contribution in [1.82, 2.24) is 0 Å². The molecule has 2 aliphatic rings. The molecule has 2 rings (SSSR count). The van der Waals surface area contributed by atoms with Gasteiger partial charge < -0.3 is 0 Å². The lowest BCUT2D eigenvalue weighted by Gasteiger charge is -2.25. The monoisotopic (exact) mass is 208 g/mol. The first-order chi connectivity index (χ1) is 7.02. The van der Waals surface area contributed by atoms with Crippen molar-refractivity contribution in [2.75, 3.05) is 0 Å². The van der Waals surface area contributed by atoms with Crippen molar-refractivity contribution in [3.05, 3.63) is 0 Å². The Morgan fingerprint density at radius 3 is 1.47 bits per heavy atom. The largest absolute Gasteiger partial charge is 0.0625 e. The van der Waals surface area contributed by atoms with E-state index in [4.69, 9.17) is 0 Å². The van der Waals surface area contributed by atoms with Crippen LogP contribution in [0.1, 0.15) is 66.2 Å². The fraction of sp³-hybridized carbons (Fsp3) is 1.00. The summed E-state index contributed by atoms with van der Waals surface area (Å²) in [6.07, 6.45) is 9.21. The fourth-order valence-corrected chi connectivity index (χ4v) is 4.05. The smallest absolute Gasteiger partial charge is 0.0292 e. The van der Waals surface area contributed by atoms with Crippen LogP contribution in [-0.4, -0.2) is 0 Å². The quantitative estimate of drug-likeness (QED) is 0.606. The molecule has 0 bridgehead atoms. The van der Waals surface area contributed by atoms with Gasteiger partial charge in [-0.1, -0.05) is 27.7 Å². The van der Waals surface area contributed by atoms with E-state index < -0.39 is 0 Å². The highest BCUT2D eigenvalue weighted by Crippen LogP contribution is 2.57. The molecule has 0 aromatic carbocycles. The van der Waals surface area contributed by atoms with E-state index in [1.165, 1.54) is 12.8 Å². The Bertz CT molecular complexity index is 190. The molecule has 0 amide bonds. The van der Waals surface area contributed by atoms with Gasteiger partial charge in [-0.05, 0) is 67.6 Å². The highest BCUT2D eigenvalue weighted by Gasteiger charge is 2.45. The summed E-state index contributed by atoms with van der Waals surface area (Å²) in [7, 11) is 0. The normalized spacial score (nSPS) is 41.2. The number of hydrogen-bond acceptors (Lipinski definition) is 0. The standard InChI is InChI=1S/C15H28/c1-11(2)13-5-7-15(9-13)8-6-14(10-15)12(3)4/h11-14H,5-10H2,1-4H3. The van der Waals surface area contributed by atoms with Crippen LogP contribution < -0.4 is 0 Å². The molecular formula is C15H28. The summed E-state index contributed by atoms with van der Waals surface area (Å²) in [5.41, 5.74) is 0.796. The maximum atomic E-state index is 2.42. The van der Waals surface area contributed by atoms with Gasteiger partial charge in [0.25, 0.3) is 0 Å². The molecule has 0 N–H and O–H groups in total. The van der Waals surface area contributed by atoms with Crippen LogP contribution in [0.2, 0.25) is 0 Å². The molecule has 2 unspecified atom stereocenters. The first kappa shape index (κ1) is 11.5. The minimum Gasteiger partial charge on any atom is -0.0625 e. The minimum absolute atomic E-state index is 0.796. The molecule has 0 heterocycles. The van der Waals surface area contributed by atoms with Gasteiger partial charge in [-0.25, -0.2) is 0 Å². The van der Waals surface area contributed by atoms with Crippen LogP contribution in [0, 0.1) is 29.1 Å². The lowest BCUT2D eigenvalue weighted by atomic mass is 9.80. The molecule has 0 heteroatoms. The molecule has 15 heavy (non-hydrogen) atoms. The summed E-state index contributed by atoms with van der Waals surface area (Å²) in [4.78, 5) is 0. The van der Waals surface area contributed by atoms with E-state index >= 15 is 0 Å². The van der Waals surface area contributed by atoms with E-state index in [1.807, 2.05) is 0 Å². The molecule has 2 aliphatic carbocycles. The highest BCUT2D eigenvalue weighted by molar-refractivity contribution is 4.96. The lowest BCUT2D eigenvalue weighted by molar-refractivity contribution is 0.251. The third-order valence-corrected chi connectivity index (χ3v) is 5.37. The summed E-state index contributed by atoms with van der Waals surface area (Å²) in [6.45, 7) is 9.66. The number of hydrogen-bond donors (Lipinski definition) is 0. The second kappa shape index (κ2) is 4.11. The maximum absolute atomic E-state index is 2.42. The molecule has 0 radical (unpaired) electrons. The summed E-state index contributed by atoms with van der Waals surface area (Å²) in [6, 6.07) is 0. The van der Waals surface area contributed by atoms with Gasteiger partial charge in [0.2, 0.25) is 0 Å². The Hall–Kier alpha value is 0. The molecule has 2 fully saturated rings. The van der Waals surface area contributed by atoms with Gasteiger partial charge in [0.15, 0.2) is 0 Å². The van der Waals surface area contributed by atoms with E-state index in [0.717, 1.165) is 29.1 Å². The van der Waals surface area contributed by atoms with Crippen LogP contribution >= 0.6 is 0 Å². The van der Waals surface area contributed by atoms with E-state index in [0.29, 0.717) is 0 Å². The molecule has 0 nitrogen and oxygen atoms in total. The highest BCUT2D eigenvalue weighted by atomic mass is 14.5. The summed E-state index contributed by atoms with van der Waals surface area (Å²) in [5, 5.41) is 0. The van der Waals surface area contributed by atoms with Gasteiger partial charge in [0.1, 0.15) is 0 Å². The van der Waals surface area contributed by atoms with E-state index in [-0.39, 0.29) is 0 Å². The number of rotatable bonds is 2. The van der Waals surface area contributed by atoms with Crippen molar-refractivity contribution < 1.29 is 0 Å². The van der Waals surface area contributed by atoms with Gasteiger partial charge in [0, 0.05) is 0 Å². The minimum atomic E-state index is 0.796. The van der Waals surface area contributed by atoms with E-state index in [2.05, 4.69) is 27.7 Å². The first-order valence-corrected chi connectivity index (χ1v) is 7.02. The lowest BCUT2D eigenvalue weighted by Crippen LogP contribution is -2.15. The summed E-state index contributed by atoms with van der Waals surface area (Å²) < 4.78 is 0. The van der Waals surface area contributed by atoms with Crippen LogP contribution in [0.25, 0.3) is 0 Å². The molecule has 0 aliphatic heterocycles. The Balaban J connectivity index is 1.95. The molecule has 0 saturated heterocycles. The molecule has 88 valence electrons. The van der Waals surface area contributed by atoms with Crippen LogP contribution in [0.4, 0.5) is 0 Å². The first-order valence-electron chi connectivity index (χ1n) is 7.02. The zero-order valence-corrected chi connectivity index (χ0v) is 11.1. The fourth-order valence-electron chi connectivity index (χ4n) is 4.05. The van der Waals surface area contributed by atoms with Crippen LogP contribution in [-0.2, 0) is 0 Å². The third kappa shape index (κ3) is 2.24. The van der Waals surface area contributed by atoms with Crippen molar-refractivity contribution in [3.8, 4) is 0 Å². The van der Waals surface area contributed by atoms with E-state index in [9.17, 15) is 0 Å². The average Bonchev–Trinajstić information content (AvgIpc) is 2.74. The topological polar surface area (TPSA) is 0 Å². The van der Waals surface area contributed by atoms with Crippen molar-refractivity contribution in [2.45, 2.75) is 66.2 Å². The zero-order chi connectivity index (χ0) is 11.1. The maximum Gasteiger partial charge on any atom is -0.0292 e. The molecule has 1 spiro atoms.